The van der Waals surface area contributed by atoms with Crippen LogP contribution < -0.4 is 5.32 Å². The second-order valence-corrected chi connectivity index (χ2v) is 10.9. The summed E-state index contributed by atoms with van der Waals surface area (Å²) in [4.78, 5) is 12.4. The van der Waals surface area contributed by atoms with Gasteiger partial charge in [-0.15, -0.1) is 5.10 Å². The van der Waals surface area contributed by atoms with Crippen molar-refractivity contribution in [2.75, 3.05) is 24.7 Å². The van der Waals surface area contributed by atoms with Gasteiger partial charge < -0.3 is 4.42 Å². The van der Waals surface area contributed by atoms with Crippen LogP contribution in [-0.4, -0.2) is 56.6 Å². The van der Waals surface area contributed by atoms with Gasteiger partial charge in [-0.2, -0.15) is 4.31 Å². The number of sulfonamides is 1. The van der Waals surface area contributed by atoms with E-state index in [-0.39, 0.29) is 22.4 Å². The quantitative estimate of drug-likeness (QED) is 0.709. The van der Waals surface area contributed by atoms with Gasteiger partial charge in [0, 0.05) is 24.9 Å². The molecule has 0 radical (unpaired) electrons. The molecule has 1 aliphatic heterocycles. The van der Waals surface area contributed by atoms with Crippen molar-refractivity contribution in [3.05, 3.63) is 35.7 Å². The summed E-state index contributed by atoms with van der Waals surface area (Å²) in [5.41, 5.74) is 0.197. The number of amides is 1. The number of hydrogen-bond donors (Lipinski definition) is 1. The molecule has 0 aliphatic carbocycles. The monoisotopic (exact) mass is 442 g/mol. The van der Waals surface area contributed by atoms with E-state index < -0.39 is 31.5 Å². The van der Waals surface area contributed by atoms with Crippen molar-refractivity contribution in [3.8, 4) is 0 Å². The molecule has 29 heavy (non-hydrogen) atoms. The maximum Gasteiger partial charge on any atom is 0.322 e. The van der Waals surface area contributed by atoms with Crippen molar-refractivity contribution in [3.63, 3.8) is 0 Å². The fraction of sp³-hybridized carbons (Fsp3) is 0.471. The summed E-state index contributed by atoms with van der Waals surface area (Å²) in [5.74, 6) is -1.15. The number of carbonyl (C=O) groups excluding carboxylic acids is 1. The summed E-state index contributed by atoms with van der Waals surface area (Å²) >= 11 is 0. The average Bonchev–Trinajstić information content (AvgIpc) is 2.91. The molecule has 0 saturated carbocycles. The van der Waals surface area contributed by atoms with Gasteiger partial charge >= 0.3 is 6.01 Å². The fourth-order valence-corrected chi connectivity index (χ4v) is 5.05. The zero-order valence-electron chi connectivity index (χ0n) is 15.9. The Labute approximate surface area is 169 Å². The molecular weight excluding hydrogens is 420 g/mol. The first-order valence-corrected chi connectivity index (χ1v) is 12.6. The van der Waals surface area contributed by atoms with Crippen molar-refractivity contribution in [1.82, 2.24) is 14.5 Å². The van der Waals surface area contributed by atoms with Crippen LogP contribution in [0.2, 0.25) is 0 Å². The molecule has 0 bridgehead atoms. The molecule has 2 aromatic rings. The number of sulfone groups is 1. The zero-order valence-corrected chi connectivity index (χ0v) is 17.5. The summed E-state index contributed by atoms with van der Waals surface area (Å²) in [7, 11) is -6.94. The Morgan fingerprint density at radius 1 is 1.03 bits per heavy atom. The van der Waals surface area contributed by atoms with Gasteiger partial charge in [-0.3, -0.25) is 10.1 Å². The molecule has 1 aliphatic rings. The molecule has 2 heterocycles. The molecule has 0 spiro atoms. The highest BCUT2D eigenvalue weighted by Gasteiger charge is 2.25. The van der Waals surface area contributed by atoms with Crippen LogP contribution in [0, 0.1) is 0 Å². The van der Waals surface area contributed by atoms with Crippen LogP contribution in [-0.2, 0) is 25.6 Å². The molecule has 12 heteroatoms. The van der Waals surface area contributed by atoms with Gasteiger partial charge in [-0.05, 0) is 37.1 Å². The van der Waals surface area contributed by atoms with Crippen LogP contribution in [0.1, 0.15) is 41.9 Å². The van der Waals surface area contributed by atoms with E-state index in [1.54, 1.807) is 0 Å². The highest BCUT2D eigenvalue weighted by atomic mass is 32.2. The van der Waals surface area contributed by atoms with Gasteiger partial charge in [0.1, 0.15) is 5.75 Å². The second-order valence-electron chi connectivity index (χ2n) is 6.87. The summed E-state index contributed by atoms with van der Waals surface area (Å²) in [5, 5.41) is 9.50. The van der Waals surface area contributed by atoms with Crippen LogP contribution >= 0.6 is 0 Å². The van der Waals surface area contributed by atoms with Crippen LogP contribution in [0.5, 0.6) is 0 Å². The summed E-state index contributed by atoms with van der Waals surface area (Å²) in [6.07, 6.45) is 4.74. The summed E-state index contributed by atoms with van der Waals surface area (Å²) in [6, 6.07) is 5.33. The van der Waals surface area contributed by atoms with E-state index in [2.05, 4.69) is 15.5 Å². The topological polar surface area (TPSA) is 140 Å². The average molecular weight is 443 g/mol. The number of hydrogen-bond acceptors (Lipinski definition) is 8. The smallest absolute Gasteiger partial charge is 0.322 e. The number of nitrogens with zero attached hydrogens (tertiary/aromatic N) is 3. The van der Waals surface area contributed by atoms with Crippen LogP contribution in [0.4, 0.5) is 6.01 Å². The van der Waals surface area contributed by atoms with E-state index in [0.717, 1.165) is 31.9 Å². The lowest BCUT2D eigenvalue weighted by Gasteiger charge is -2.19. The first kappa shape index (κ1) is 21.4. The van der Waals surface area contributed by atoms with E-state index in [9.17, 15) is 21.6 Å². The van der Waals surface area contributed by atoms with Gasteiger partial charge in [-0.1, -0.05) is 17.9 Å². The molecule has 1 aromatic carbocycles. The van der Waals surface area contributed by atoms with E-state index in [1.807, 2.05) is 0 Å². The number of carbonyl (C=O) groups is 1. The normalized spacial score (nSPS) is 16.3. The minimum atomic E-state index is -3.60. The lowest BCUT2D eigenvalue weighted by molar-refractivity contribution is 0.102. The number of benzene rings is 1. The number of nitrogens with one attached hydrogen (secondary N) is 1. The number of rotatable bonds is 6. The molecule has 1 fully saturated rings. The Morgan fingerprint density at radius 2 is 1.66 bits per heavy atom. The van der Waals surface area contributed by atoms with Crippen molar-refractivity contribution < 1.29 is 26.0 Å². The largest absolute Gasteiger partial charge is 0.407 e. The van der Waals surface area contributed by atoms with Gasteiger partial charge in [0.2, 0.25) is 15.9 Å². The standard InChI is InChI=1S/C17H22N4O6S2/c1-28(23,24)12-15-19-20-17(27-15)18-16(22)13-6-8-14(9-7-13)29(25,26)21-10-4-2-3-5-11-21/h6-9H,2-5,10-12H2,1H3,(H,18,20,22). The van der Waals surface area contributed by atoms with E-state index in [4.69, 9.17) is 4.42 Å². The van der Waals surface area contributed by atoms with Crippen molar-refractivity contribution in [2.24, 2.45) is 0 Å². The molecule has 1 amide bonds. The Bertz CT molecular complexity index is 1070. The molecule has 3 rings (SSSR count). The summed E-state index contributed by atoms with van der Waals surface area (Å²) in [6.45, 7) is 0.995. The number of anilines is 1. The first-order valence-electron chi connectivity index (χ1n) is 9.07. The Kier molecular flexibility index (Phi) is 6.34. The second kappa shape index (κ2) is 8.59. The van der Waals surface area contributed by atoms with Gasteiger partial charge in [-0.25, -0.2) is 16.8 Å². The number of aromatic nitrogens is 2. The third kappa shape index (κ3) is 5.61. The molecule has 10 nitrogen and oxygen atoms in total. The molecular formula is C17H22N4O6S2. The minimum absolute atomic E-state index is 0.129. The lowest BCUT2D eigenvalue weighted by atomic mass is 10.2. The zero-order chi connectivity index (χ0) is 21.1. The third-order valence-electron chi connectivity index (χ3n) is 4.39. The van der Waals surface area contributed by atoms with Crippen LogP contribution in [0.3, 0.4) is 0 Å². The Balaban J connectivity index is 1.68. The predicted molar refractivity (Wildman–Crippen MR) is 104 cm³/mol. The van der Waals surface area contributed by atoms with Gasteiger partial charge in [0.25, 0.3) is 5.91 Å². The van der Waals surface area contributed by atoms with Crippen molar-refractivity contribution in [1.29, 1.82) is 0 Å². The SMILES string of the molecule is CS(=O)(=O)Cc1nnc(NC(=O)c2ccc(S(=O)(=O)N3CCCCCC3)cc2)o1. The molecule has 1 aromatic heterocycles. The minimum Gasteiger partial charge on any atom is -0.407 e. The summed E-state index contributed by atoms with van der Waals surface area (Å²) < 4.78 is 54.6. The highest BCUT2D eigenvalue weighted by Crippen LogP contribution is 2.21. The van der Waals surface area contributed by atoms with E-state index >= 15 is 0 Å². The molecule has 1 N–H and O–H groups in total. The highest BCUT2D eigenvalue weighted by molar-refractivity contribution is 7.89. The molecule has 0 atom stereocenters. The van der Waals surface area contributed by atoms with E-state index in [1.165, 1.54) is 28.6 Å². The van der Waals surface area contributed by atoms with Gasteiger partial charge in [0.05, 0.1) is 4.90 Å². The first-order chi connectivity index (χ1) is 13.6. The predicted octanol–water partition coefficient (Wildman–Crippen LogP) is 1.43. The van der Waals surface area contributed by atoms with Gasteiger partial charge in [0.15, 0.2) is 9.84 Å². The maximum absolute atomic E-state index is 12.8. The van der Waals surface area contributed by atoms with Crippen LogP contribution in [0.25, 0.3) is 0 Å². The molecule has 158 valence electrons. The van der Waals surface area contributed by atoms with Crippen LogP contribution in [0.15, 0.2) is 33.6 Å². The Morgan fingerprint density at radius 3 is 2.24 bits per heavy atom. The molecule has 0 unspecified atom stereocenters. The molecule has 1 saturated heterocycles. The third-order valence-corrected chi connectivity index (χ3v) is 7.08. The Hall–Kier alpha value is -2.31. The maximum atomic E-state index is 12.8. The fourth-order valence-electron chi connectivity index (χ4n) is 2.97. The lowest BCUT2D eigenvalue weighted by Crippen LogP contribution is -2.31. The van der Waals surface area contributed by atoms with E-state index in [0.29, 0.717) is 13.1 Å². The van der Waals surface area contributed by atoms with Crippen molar-refractivity contribution >= 4 is 31.8 Å². The van der Waals surface area contributed by atoms with Crippen molar-refractivity contribution in [2.45, 2.75) is 36.3 Å².